The van der Waals surface area contributed by atoms with E-state index < -0.39 is 11.7 Å². The molecule has 198 valence electrons. The summed E-state index contributed by atoms with van der Waals surface area (Å²) >= 11 is 0. The van der Waals surface area contributed by atoms with Crippen LogP contribution in [0.1, 0.15) is 31.7 Å². The van der Waals surface area contributed by atoms with Crippen molar-refractivity contribution in [2.24, 2.45) is 0 Å². The Morgan fingerprint density at radius 3 is 2.66 bits per heavy atom. The van der Waals surface area contributed by atoms with Crippen LogP contribution < -0.4 is 4.90 Å². The number of aromatic nitrogens is 5. The molecule has 4 heterocycles. The lowest BCUT2D eigenvalue weighted by atomic mass is 9.88. The maximum absolute atomic E-state index is 11.5. The van der Waals surface area contributed by atoms with Gasteiger partial charge in [0.05, 0.1) is 30.3 Å². The largest absolute Gasteiger partial charge is 0.389 e. The van der Waals surface area contributed by atoms with Crippen LogP contribution >= 0.6 is 0 Å². The van der Waals surface area contributed by atoms with Crippen LogP contribution in [0.5, 0.6) is 0 Å². The molecule has 3 aromatic heterocycles. The SMILES string of the molecule is CC(=O)CN1CC[C@@](O)(Cn2ccc3c(N(Cc4ccc(-n5cccn5)cc4)C4CC4)ncnc32)[C@H](O)C1. The number of likely N-dealkylation sites (tertiary alicyclic amines) is 1. The number of benzene rings is 1. The predicted octanol–water partition coefficient (Wildman–Crippen LogP) is 2.17. The topological polar surface area (TPSA) is 113 Å². The fourth-order valence-electron chi connectivity index (χ4n) is 5.44. The summed E-state index contributed by atoms with van der Waals surface area (Å²) < 4.78 is 3.76. The van der Waals surface area contributed by atoms with E-state index in [-0.39, 0.29) is 18.9 Å². The molecule has 0 bridgehead atoms. The Kier molecular flexibility index (Phi) is 6.46. The maximum Gasteiger partial charge on any atom is 0.145 e. The highest BCUT2D eigenvalue weighted by Gasteiger charge is 2.41. The van der Waals surface area contributed by atoms with Crippen molar-refractivity contribution in [3.8, 4) is 5.69 Å². The molecule has 1 aromatic carbocycles. The van der Waals surface area contributed by atoms with Crippen molar-refractivity contribution >= 4 is 22.6 Å². The number of anilines is 1. The van der Waals surface area contributed by atoms with Crippen molar-refractivity contribution in [1.82, 2.24) is 29.2 Å². The van der Waals surface area contributed by atoms with Crippen molar-refractivity contribution in [3.05, 3.63) is 66.9 Å². The second-order valence-corrected chi connectivity index (χ2v) is 10.7. The lowest BCUT2D eigenvalue weighted by molar-refractivity contribution is -0.134. The van der Waals surface area contributed by atoms with Gasteiger partial charge in [0.1, 0.15) is 29.2 Å². The zero-order valence-corrected chi connectivity index (χ0v) is 21.5. The minimum absolute atomic E-state index is 0.0531. The van der Waals surface area contributed by atoms with Crippen LogP contribution in [-0.2, 0) is 17.9 Å². The second kappa shape index (κ2) is 9.94. The van der Waals surface area contributed by atoms with Gasteiger partial charge in [0, 0.05) is 44.3 Å². The Hall–Kier alpha value is -3.60. The molecule has 0 amide bonds. The van der Waals surface area contributed by atoms with Gasteiger partial charge in [-0.15, -0.1) is 0 Å². The fraction of sp³-hybridized carbons (Fsp3) is 0.429. The van der Waals surface area contributed by atoms with E-state index in [9.17, 15) is 15.0 Å². The molecular formula is C28H33N7O3. The van der Waals surface area contributed by atoms with Crippen LogP contribution in [0.25, 0.3) is 16.7 Å². The molecule has 6 rings (SSSR count). The number of ketones is 1. The number of hydrogen-bond acceptors (Lipinski definition) is 8. The summed E-state index contributed by atoms with van der Waals surface area (Å²) in [7, 11) is 0. The minimum atomic E-state index is -1.29. The highest BCUT2D eigenvalue weighted by molar-refractivity contribution is 5.88. The van der Waals surface area contributed by atoms with E-state index in [4.69, 9.17) is 0 Å². The zero-order chi connectivity index (χ0) is 26.3. The Labute approximate surface area is 221 Å². The lowest BCUT2D eigenvalue weighted by Gasteiger charge is -2.42. The van der Waals surface area contributed by atoms with Crippen molar-refractivity contribution in [1.29, 1.82) is 0 Å². The number of carbonyl (C=O) groups is 1. The van der Waals surface area contributed by atoms with Crippen LogP contribution in [-0.4, -0.2) is 82.6 Å². The molecule has 0 unspecified atom stereocenters. The van der Waals surface area contributed by atoms with Crippen LogP contribution in [0.3, 0.4) is 0 Å². The number of piperidine rings is 1. The lowest BCUT2D eigenvalue weighted by Crippen LogP contribution is -2.58. The number of Topliss-reactive ketones (excluding diaryl/α,β-unsaturated/α-hetero) is 1. The number of β-amino-alcohol motifs (C(OH)–C–C–N with tert-alkyl or cyclic N) is 1. The molecule has 1 aliphatic carbocycles. The van der Waals surface area contributed by atoms with E-state index in [1.165, 1.54) is 12.5 Å². The summed E-state index contributed by atoms with van der Waals surface area (Å²) in [6.45, 7) is 3.61. The van der Waals surface area contributed by atoms with Gasteiger partial charge in [-0.25, -0.2) is 14.6 Å². The molecule has 0 spiro atoms. The summed E-state index contributed by atoms with van der Waals surface area (Å²) in [6, 6.07) is 12.8. The summed E-state index contributed by atoms with van der Waals surface area (Å²) in [5, 5.41) is 27.4. The van der Waals surface area contributed by atoms with E-state index in [1.807, 2.05) is 38.7 Å². The predicted molar refractivity (Wildman–Crippen MR) is 143 cm³/mol. The number of hydrogen-bond donors (Lipinski definition) is 2. The smallest absolute Gasteiger partial charge is 0.145 e. The number of rotatable bonds is 9. The number of nitrogens with zero attached hydrogens (tertiary/aromatic N) is 7. The third-order valence-electron chi connectivity index (χ3n) is 7.66. The maximum atomic E-state index is 11.5. The molecular weight excluding hydrogens is 482 g/mol. The first-order valence-corrected chi connectivity index (χ1v) is 13.2. The zero-order valence-electron chi connectivity index (χ0n) is 21.5. The monoisotopic (exact) mass is 515 g/mol. The van der Waals surface area contributed by atoms with E-state index in [0.29, 0.717) is 25.6 Å². The van der Waals surface area contributed by atoms with Gasteiger partial charge in [0.15, 0.2) is 0 Å². The van der Waals surface area contributed by atoms with Crippen molar-refractivity contribution < 1.29 is 15.0 Å². The summed E-state index contributed by atoms with van der Waals surface area (Å²) in [6.07, 6.45) is 8.87. The molecule has 10 heteroatoms. The average molecular weight is 516 g/mol. The number of fused-ring (bicyclic) bond motifs is 1. The fourth-order valence-corrected chi connectivity index (χ4v) is 5.44. The van der Waals surface area contributed by atoms with E-state index in [2.05, 4.69) is 44.2 Å². The average Bonchev–Trinajstić information content (AvgIpc) is 3.43. The standard InChI is InChI=1S/C28H33N7O3/c1-20(36)15-32-14-10-28(38,25(37)17-32)18-33-13-9-24-26(33)29-19-30-27(24)34(22-7-8-22)16-21-3-5-23(6-4-21)35-12-2-11-31-35/h2-6,9,11-13,19,22,25,37-38H,7-8,10,14-18H2,1H3/t25-,28-/m1/s1. The molecule has 2 atom stereocenters. The van der Waals surface area contributed by atoms with Gasteiger partial charge in [-0.2, -0.15) is 5.10 Å². The van der Waals surface area contributed by atoms with Gasteiger partial charge < -0.3 is 19.7 Å². The summed E-state index contributed by atoms with van der Waals surface area (Å²) in [4.78, 5) is 25.0. The first-order chi connectivity index (χ1) is 18.4. The summed E-state index contributed by atoms with van der Waals surface area (Å²) in [5.74, 6) is 0.938. The van der Waals surface area contributed by atoms with Crippen molar-refractivity contribution in [2.45, 2.75) is 57.0 Å². The van der Waals surface area contributed by atoms with Crippen LogP contribution in [0.4, 0.5) is 5.82 Å². The number of aliphatic hydroxyl groups excluding tert-OH is 1. The first kappa shape index (κ1) is 24.7. The Balaban J connectivity index is 1.23. The molecule has 1 saturated heterocycles. The third-order valence-corrected chi connectivity index (χ3v) is 7.66. The van der Waals surface area contributed by atoms with Gasteiger partial charge in [0.25, 0.3) is 0 Å². The van der Waals surface area contributed by atoms with Gasteiger partial charge in [-0.3, -0.25) is 9.69 Å². The Morgan fingerprint density at radius 1 is 1.16 bits per heavy atom. The molecule has 38 heavy (non-hydrogen) atoms. The molecule has 0 radical (unpaired) electrons. The first-order valence-electron chi connectivity index (χ1n) is 13.2. The van der Waals surface area contributed by atoms with Crippen molar-refractivity contribution in [3.63, 3.8) is 0 Å². The van der Waals surface area contributed by atoms with Gasteiger partial charge in [-0.05, 0) is 56.0 Å². The Morgan fingerprint density at radius 2 is 1.97 bits per heavy atom. The normalized spacial score (nSPS) is 22.1. The Bertz CT molecular complexity index is 1410. The third kappa shape index (κ3) is 4.94. The van der Waals surface area contributed by atoms with Crippen LogP contribution in [0, 0.1) is 0 Å². The molecule has 1 saturated carbocycles. The van der Waals surface area contributed by atoms with Crippen molar-refractivity contribution in [2.75, 3.05) is 24.5 Å². The van der Waals surface area contributed by atoms with Crippen LogP contribution in [0.15, 0.2) is 61.3 Å². The number of aliphatic hydroxyl groups is 2. The quantitative estimate of drug-likeness (QED) is 0.349. The van der Waals surface area contributed by atoms with Gasteiger partial charge in [0.2, 0.25) is 0 Å². The van der Waals surface area contributed by atoms with Gasteiger partial charge in [-0.1, -0.05) is 12.1 Å². The van der Waals surface area contributed by atoms with Gasteiger partial charge >= 0.3 is 0 Å². The second-order valence-electron chi connectivity index (χ2n) is 10.7. The summed E-state index contributed by atoms with van der Waals surface area (Å²) in [5.41, 5.74) is 1.65. The number of carbonyl (C=O) groups excluding carboxylic acids is 1. The molecule has 2 fully saturated rings. The minimum Gasteiger partial charge on any atom is -0.389 e. The van der Waals surface area contributed by atoms with E-state index >= 15 is 0 Å². The molecule has 1 aliphatic heterocycles. The highest BCUT2D eigenvalue weighted by Crippen LogP contribution is 2.36. The molecule has 10 nitrogen and oxygen atoms in total. The molecule has 4 aromatic rings. The van der Waals surface area contributed by atoms with E-state index in [0.717, 1.165) is 41.9 Å². The molecule has 2 N–H and O–H groups in total. The highest BCUT2D eigenvalue weighted by atomic mass is 16.3. The van der Waals surface area contributed by atoms with Crippen LogP contribution in [0.2, 0.25) is 0 Å². The molecule has 2 aliphatic rings. The van der Waals surface area contributed by atoms with E-state index in [1.54, 1.807) is 12.5 Å².